The molecule has 2 saturated carbocycles. The van der Waals surface area contributed by atoms with Crippen molar-refractivity contribution in [2.45, 2.75) is 180 Å². The summed E-state index contributed by atoms with van der Waals surface area (Å²) >= 11 is 0. The Morgan fingerprint density at radius 3 is 1.09 bits per heavy atom. The lowest BCUT2D eigenvalue weighted by molar-refractivity contribution is 0.346. The summed E-state index contributed by atoms with van der Waals surface area (Å²) in [5.74, 6) is 0. The molecule has 6 aliphatic rings. The first-order chi connectivity index (χ1) is 26.3. The van der Waals surface area contributed by atoms with E-state index in [2.05, 4.69) is 154 Å². The van der Waals surface area contributed by atoms with Gasteiger partial charge in [0, 0.05) is 10.8 Å². The van der Waals surface area contributed by atoms with Gasteiger partial charge < -0.3 is 0 Å². The van der Waals surface area contributed by atoms with Crippen molar-refractivity contribution in [2.24, 2.45) is 0 Å². The highest BCUT2D eigenvalue weighted by atomic mass is 15.6. The third kappa shape index (κ3) is 4.99. The van der Waals surface area contributed by atoms with Crippen LogP contribution in [0, 0.1) is 0 Å². The van der Waals surface area contributed by atoms with Crippen molar-refractivity contribution in [1.82, 2.24) is 4.83 Å². The van der Waals surface area contributed by atoms with E-state index >= 15 is 0 Å². The van der Waals surface area contributed by atoms with E-state index in [-0.39, 0.29) is 46.2 Å². The SMILES string of the molecule is CC(C)(C)c1ccc2c(c1)C1(CCCCC1)c1cc(C(C)(C)C)cc3c1B2N1B2c4ccc(C(C)(C)C)cc4C4(CCCCC4)c4cc(C(C)(C)C)cc(c42)N31. The smallest absolute Gasteiger partial charge is 0.295 e. The van der Waals surface area contributed by atoms with Gasteiger partial charge in [0.15, 0.2) is 0 Å². The van der Waals surface area contributed by atoms with Gasteiger partial charge in [-0.15, -0.1) is 0 Å². The maximum absolute atomic E-state index is 2.93. The van der Waals surface area contributed by atoms with Crippen LogP contribution in [0.3, 0.4) is 0 Å². The second-order valence-corrected chi connectivity index (χ2v) is 23.3. The van der Waals surface area contributed by atoms with E-state index in [1.807, 2.05) is 0 Å². The Kier molecular flexibility index (Phi) is 7.75. The van der Waals surface area contributed by atoms with Crippen molar-refractivity contribution < 1.29 is 0 Å². The first-order valence-corrected chi connectivity index (χ1v) is 22.5. The maximum atomic E-state index is 2.93. The van der Waals surface area contributed by atoms with Gasteiger partial charge in [-0.2, -0.15) is 0 Å². The third-order valence-corrected chi connectivity index (χ3v) is 15.7. The highest BCUT2D eigenvalue weighted by Crippen LogP contribution is 2.55. The summed E-state index contributed by atoms with van der Waals surface area (Å²) in [6.07, 6.45) is 12.9. The molecule has 0 saturated heterocycles. The lowest BCUT2D eigenvalue weighted by Gasteiger charge is -2.48. The molecule has 4 heteroatoms. The fourth-order valence-corrected chi connectivity index (χ4v) is 12.5. The first-order valence-electron chi connectivity index (χ1n) is 22.5. The molecule has 0 atom stereocenters. The number of nitrogens with zero attached hydrogens (tertiary/aromatic N) is 2. The molecular weight excluding hydrogens is 674 g/mol. The fraction of sp³-hybridized carbons (Fsp3) is 0.538. The number of benzene rings is 4. The summed E-state index contributed by atoms with van der Waals surface area (Å²) in [7, 11) is 0. The van der Waals surface area contributed by atoms with Crippen LogP contribution in [-0.4, -0.2) is 18.5 Å². The molecule has 0 aromatic heterocycles. The predicted octanol–water partition coefficient (Wildman–Crippen LogP) is 10.6. The van der Waals surface area contributed by atoms with Crippen molar-refractivity contribution in [3.05, 3.63) is 105 Å². The van der Waals surface area contributed by atoms with Gasteiger partial charge in [0.05, 0.1) is 11.4 Å². The van der Waals surface area contributed by atoms with Crippen molar-refractivity contribution in [3.63, 3.8) is 0 Å². The van der Waals surface area contributed by atoms with Gasteiger partial charge in [-0.1, -0.05) is 181 Å². The van der Waals surface area contributed by atoms with Crippen LogP contribution in [0.5, 0.6) is 0 Å². The highest BCUT2D eigenvalue weighted by molar-refractivity contribution is 7.01. The quantitative estimate of drug-likeness (QED) is 0.166. The van der Waals surface area contributed by atoms with Crippen molar-refractivity contribution >= 4 is 46.9 Å². The number of hydrogen-bond acceptors (Lipinski definition) is 2. The van der Waals surface area contributed by atoms with E-state index < -0.39 is 0 Å². The van der Waals surface area contributed by atoms with Crippen LogP contribution in [0.1, 0.15) is 192 Å². The number of anilines is 2. The van der Waals surface area contributed by atoms with Crippen molar-refractivity contribution in [3.8, 4) is 0 Å². The van der Waals surface area contributed by atoms with Gasteiger partial charge in [0.1, 0.15) is 0 Å². The van der Waals surface area contributed by atoms with Crippen LogP contribution >= 0.6 is 0 Å². The van der Waals surface area contributed by atoms with Gasteiger partial charge in [-0.3, -0.25) is 9.84 Å². The Balaban J connectivity index is 1.34. The first kappa shape index (κ1) is 37.1. The lowest BCUT2D eigenvalue weighted by Crippen LogP contribution is -2.70. The molecule has 0 radical (unpaired) electrons. The zero-order valence-electron chi connectivity index (χ0n) is 36.9. The molecule has 2 aliphatic carbocycles. The minimum atomic E-state index is 0.0360. The molecule has 10 rings (SSSR count). The van der Waals surface area contributed by atoms with E-state index in [0.717, 1.165) is 0 Å². The van der Waals surface area contributed by atoms with Crippen LogP contribution in [0.25, 0.3) is 0 Å². The average molecular weight is 741 g/mol. The van der Waals surface area contributed by atoms with Gasteiger partial charge >= 0.3 is 13.7 Å². The minimum absolute atomic E-state index is 0.0360. The van der Waals surface area contributed by atoms with E-state index in [0.29, 0.717) is 0 Å². The summed E-state index contributed by atoms with van der Waals surface area (Å²) < 4.78 is 0. The average Bonchev–Trinajstić information content (AvgIpc) is 3.65. The summed E-state index contributed by atoms with van der Waals surface area (Å²) in [6, 6.07) is 26.3. The number of hydrogen-bond donors (Lipinski definition) is 0. The van der Waals surface area contributed by atoms with E-state index in [1.165, 1.54) is 97.8 Å². The van der Waals surface area contributed by atoms with Crippen LogP contribution in [-0.2, 0) is 32.5 Å². The van der Waals surface area contributed by atoms with Crippen LogP contribution < -0.4 is 26.9 Å². The molecule has 290 valence electrons. The number of fused-ring (bicyclic) bond motifs is 13. The zero-order valence-corrected chi connectivity index (χ0v) is 36.9. The van der Waals surface area contributed by atoms with E-state index in [1.54, 1.807) is 44.1 Å². The van der Waals surface area contributed by atoms with Crippen molar-refractivity contribution in [2.75, 3.05) is 5.01 Å². The Morgan fingerprint density at radius 2 is 0.750 bits per heavy atom. The normalized spacial score (nSPS) is 20.6. The van der Waals surface area contributed by atoms with E-state index in [9.17, 15) is 0 Å². The van der Waals surface area contributed by atoms with Crippen LogP contribution in [0.2, 0.25) is 0 Å². The number of rotatable bonds is 0. The molecule has 4 aromatic rings. The fourth-order valence-electron chi connectivity index (χ4n) is 12.5. The molecular formula is C52H66B2N2. The largest absolute Gasteiger partial charge is 0.303 e. The summed E-state index contributed by atoms with van der Waals surface area (Å²) in [6.45, 7) is 29.4. The summed E-state index contributed by atoms with van der Waals surface area (Å²) in [5.41, 5.74) is 22.1. The second kappa shape index (κ2) is 11.7. The van der Waals surface area contributed by atoms with Crippen molar-refractivity contribution in [1.29, 1.82) is 0 Å². The van der Waals surface area contributed by atoms with Gasteiger partial charge in [-0.25, -0.2) is 0 Å². The molecule has 0 unspecified atom stereocenters. The van der Waals surface area contributed by atoms with E-state index in [4.69, 9.17) is 0 Å². The maximum Gasteiger partial charge on any atom is 0.303 e. The Morgan fingerprint density at radius 1 is 0.411 bits per heavy atom. The second-order valence-electron chi connectivity index (χ2n) is 23.3. The molecule has 4 aromatic carbocycles. The summed E-state index contributed by atoms with van der Waals surface area (Å²) in [5, 5.41) is 2.81. The van der Waals surface area contributed by atoms with Gasteiger partial charge in [0.25, 0.3) is 0 Å². The minimum Gasteiger partial charge on any atom is -0.295 e. The lowest BCUT2D eigenvalue weighted by atomic mass is 9.32. The van der Waals surface area contributed by atoms with Crippen LogP contribution in [0.4, 0.5) is 11.4 Å². The monoisotopic (exact) mass is 741 g/mol. The summed E-state index contributed by atoms with van der Waals surface area (Å²) in [4.78, 5) is 2.93. The van der Waals surface area contributed by atoms with Gasteiger partial charge in [0.2, 0.25) is 0 Å². The molecule has 2 nitrogen and oxygen atoms in total. The zero-order chi connectivity index (χ0) is 39.5. The molecule has 0 bridgehead atoms. The Hall–Kier alpha value is -3.23. The molecule has 0 amide bonds. The topological polar surface area (TPSA) is 6.48 Å². The van der Waals surface area contributed by atoms with Gasteiger partial charge in [-0.05, 0) is 115 Å². The molecule has 4 heterocycles. The Bertz CT molecular complexity index is 2130. The predicted molar refractivity (Wildman–Crippen MR) is 242 cm³/mol. The molecule has 56 heavy (non-hydrogen) atoms. The molecule has 0 N–H and O–H groups in total. The standard InChI is InChI=1S/C52H66B2N2/c1-47(2,3)33-19-21-41-37(27-33)51(23-15-13-16-24-51)39-29-35(49(7,8)9)31-43-45(39)53(41)56-54-42-22-20-34(48(4,5)6)28-38(42)52(25-17-14-18-26-52)40-30-36(50(10,11)12)32-44(46(40)54)55(43)56/h19-22,27-32H,13-18,23-26H2,1-12H3. The number of hydrazine groups is 1. The Labute approximate surface area is 340 Å². The molecule has 2 fully saturated rings. The van der Waals surface area contributed by atoms with Crippen LogP contribution in [0.15, 0.2) is 60.7 Å². The molecule has 4 aliphatic heterocycles. The molecule has 2 spiro atoms. The third-order valence-electron chi connectivity index (χ3n) is 15.7. The highest BCUT2D eigenvalue weighted by Gasteiger charge is 2.62.